The predicted octanol–water partition coefficient (Wildman–Crippen LogP) is 1.73. The summed E-state index contributed by atoms with van der Waals surface area (Å²) in [7, 11) is 0. The van der Waals surface area contributed by atoms with Crippen molar-refractivity contribution in [2.45, 2.75) is 52.0 Å². The number of aromatic hydroxyl groups is 1. The molecule has 1 fully saturated rings. The van der Waals surface area contributed by atoms with Crippen LogP contribution in [0.3, 0.4) is 0 Å². The van der Waals surface area contributed by atoms with Gasteiger partial charge < -0.3 is 5.11 Å². The van der Waals surface area contributed by atoms with E-state index in [2.05, 4.69) is 11.9 Å². The number of aromatic amines is 1. The topological polar surface area (TPSA) is 75.1 Å². The minimum atomic E-state index is -0.499. The largest absolute Gasteiger partial charge is 0.494 e. The van der Waals surface area contributed by atoms with Gasteiger partial charge in [-0.1, -0.05) is 20.8 Å². The summed E-state index contributed by atoms with van der Waals surface area (Å²) in [4.78, 5) is 25.9. The van der Waals surface area contributed by atoms with Crippen LogP contribution in [0.1, 0.15) is 57.6 Å². The molecule has 2 rings (SSSR count). The number of H-pyrrole nitrogens is 1. The van der Waals surface area contributed by atoms with Gasteiger partial charge in [-0.3, -0.25) is 14.3 Å². The average Bonchev–Trinajstić information content (AvgIpc) is 2.63. The number of nitrogens with zero attached hydrogens (tertiary/aromatic N) is 1. The van der Waals surface area contributed by atoms with E-state index in [0.717, 1.165) is 19.3 Å². The monoisotopic (exact) mass is 252 g/mol. The molecule has 0 saturated heterocycles. The molecule has 0 aliphatic heterocycles. The lowest BCUT2D eigenvalue weighted by Crippen LogP contribution is -2.34. The van der Waals surface area contributed by atoms with Crippen molar-refractivity contribution in [3.63, 3.8) is 0 Å². The maximum atomic E-state index is 11.9. The van der Waals surface area contributed by atoms with E-state index in [4.69, 9.17) is 0 Å². The fourth-order valence-electron chi connectivity index (χ4n) is 2.82. The Labute approximate surface area is 105 Å². The Bertz CT molecular complexity index is 556. The summed E-state index contributed by atoms with van der Waals surface area (Å²) in [6.45, 7) is 5.80. The molecule has 1 heterocycles. The molecular weight excluding hydrogens is 232 g/mol. The maximum absolute atomic E-state index is 11.9. The second kappa shape index (κ2) is 4.63. The number of rotatable bonds is 2. The van der Waals surface area contributed by atoms with Crippen LogP contribution in [-0.2, 0) is 0 Å². The highest BCUT2D eigenvalue weighted by atomic mass is 16.3. The second-order valence-corrected chi connectivity index (χ2v) is 5.59. The summed E-state index contributed by atoms with van der Waals surface area (Å²) in [5.74, 6) is 0.285. The van der Waals surface area contributed by atoms with Gasteiger partial charge in [0.2, 0.25) is 5.88 Å². The first-order valence-corrected chi connectivity index (χ1v) is 6.49. The lowest BCUT2D eigenvalue weighted by atomic mass is 10.1. The van der Waals surface area contributed by atoms with Crippen LogP contribution >= 0.6 is 0 Å². The third-order valence-corrected chi connectivity index (χ3v) is 3.76. The molecule has 0 radical (unpaired) electrons. The van der Waals surface area contributed by atoms with E-state index < -0.39 is 11.2 Å². The standard InChI is InChI=1S/C13H20N2O3/c1-7(2)10-11(16)14-13(18)15(12(10)17)9-5-4-8(3)6-9/h7-9,17H,4-6H2,1-3H3,(H,14,16,18). The van der Waals surface area contributed by atoms with Crippen molar-refractivity contribution >= 4 is 0 Å². The zero-order valence-corrected chi connectivity index (χ0v) is 11.1. The first kappa shape index (κ1) is 12.9. The normalized spacial score (nSPS) is 23.8. The fraction of sp³-hybridized carbons (Fsp3) is 0.692. The van der Waals surface area contributed by atoms with Gasteiger partial charge in [-0.05, 0) is 31.1 Å². The highest BCUT2D eigenvalue weighted by Gasteiger charge is 2.28. The molecule has 1 saturated carbocycles. The summed E-state index contributed by atoms with van der Waals surface area (Å²) < 4.78 is 1.36. The van der Waals surface area contributed by atoms with Crippen LogP contribution < -0.4 is 11.2 Å². The lowest BCUT2D eigenvalue weighted by Gasteiger charge is -2.18. The van der Waals surface area contributed by atoms with Crippen LogP contribution in [0.4, 0.5) is 0 Å². The molecule has 0 aromatic carbocycles. The SMILES string of the molecule is CC1CCC(n2c(O)c(C(C)C)c(=O)[nH]c2=O)C1. The van der Waals surface area contributed by atoms with Crippen LogP contribution in [0, 0.1) is 5.92 Å². The van der Waals surface area contributed by atoms with E-state index in [1.165, 1.54) is 4.57 Å². The molecule has 1 aliphatic carbocycles. The quantitative estimate of drug-likeness (QED) is 0.841. The third-order valence-electron chi connectivity index (χ3n) is 3.76. The molecule has 18 heavy (non-hydrogen) atoms. The van der Waals surface area contributed by atoms with Gasteiger partial charge in [0.25, 0.3) is 5.56 Å². The zero-order valence-electron chi connectivity index (χ0n) is 11.1. The molecule has 2 atom stereocenters. The molecular formula is C13H20N2O3. The van der Waals surface area contributed by atoms with E-state index >= 15 is 0 Å². The van der Waals surface area contributed by atoms with E-state index in [9.17, 15) is 14.7 Å². The van der Waals surface area contributed by atoms with Crippen molar-refractivity contribution in [2.75, 3.05) is 0 Å². The van der Waals surface area contributed by atoms with Crippen molar-refractivity contribution in [1.82, 2.24) is 9.55 Å². The Hall–Kier alpha value is -1.52. The van der Waals surface area contributed by atoms with E-state index in [0.29, 0.717) is 11.5 Å². The molecule has 2 unspecified atom stereocenters. The fourth-order valence-corrected chi connectivity index (χ4v) is 2.82. The Balaban J connectivity index is 2.57. The van der Waals surface area contributed by atoms with Gasteiger partial charge in [0, 0.05) is 6.04 Å². The molecule has 2 N–H and O–H groups in total. The minimum Gasteiger partial charge on any atom is -0.494 e. The third kappa shape index (κ3) is 2.09. The molecule has 0 spiro atoms. The first-order valence-electron chi connectivity index (χ1n) is 6.49. The minimum absolute atomic E-state index is 0.00171. The van der Waals surface area contributed by atoms with Crippen LogP contribution in [0.2, 0.25) is 0 Å². The van der Waals surface area contributed by atoms with Crippen molar-refractivity contribution in [3.05, 3.63) is 26.4 Å². The predicted molar refractivity (Wildman–Crippen MR) is 69.1 cm³/mol. The van der Waals surface area contributed by atoms with Gasteiger partial charge in [0.1, 0.15) is 0 Å². The van der Waals surface area contributed by atoms with Gasteiger partial charge in [-0.25, -0.2) is 4.79 Å². The molecule has 5 heteroatoms. The zero-order chi connectivity index (χ0) is 13.4. The lowest BCUT2D eigenvalue weighted by molar-refractivity contribution is 0.351. The van der Waals surface area contributed by atoms with Crippen LogP contribution in [0.25, 0.3) is 0 Å². The van der Waals surface area contributed by atoms with Gasteiger partial charge >= 0.3 is 5.69 Å². The highest BCUT2D eigenvalue weighted by molar-refractivity contribution is 5.26. The number of nitrogens with one attached hydrogen (secondary N) is 1. The first-order chi connectivity index (χ1) is 8.41. The Morgan fingerprint density at radius 3 is 2.50 bits per heavy atom. The summed E-state index contributed by atoms with van der Waals surface area (Å²) >= 11 is 0. The molecule has 1 aliphatic rings. The Morgan fingerprint density at radius 2 is 2.00 bits per heavy atom. The molecule has 1 aromatic rings. The smallest absolute Gasteiger partial charge is 0.331 e. The Morgan fingerprint density at radius 1 is 1.33 bits per heavy atom. The van der Waals surface area contributed by atoms with Crippen LogP contribution in [0.5, 0.6) is 5.88 Å². The summed E-state index contributed by atoms with van der Waals surface area (Å²) in [5, 5.41) is 10.2. The molecule has 5 nitrogen and oxygen atoms in total. The maximum Gasteiger partial charge on any atom is 0.331 e. The van der Waals surface area contributed by atoms with Crippen LogP contribution in [-0.4, -0.2) is 14.7 Å². The number of hydrogen-bond acceptors (Lipinski definition) is 3. The average molecular weight is 252 g/mol. The van der Waals surface area contributed by atoms with Crippen molar-refractivity contribution < 1.29 is 5.11 Å². The van der Waals surface area contributed by atoms with Gasteiger partial charge in [0.05, 0.1) is 5.56 Å². The summed E-state index contributed by atoms with van der Waals surface area (Å²) in [5.41, 5.74) is -0.676. The van der Waals surface area contributed by atoms with Gasteiger partial charge in [-0.2, -0.15) is 0 Å². The Kier molecular flexibility index (Phi) is 3.32. The summed E-state index contributed by atoms with van der Waals surface area (Å²) in [6, 6.07) is 0.00171. The highest BCUT2D eigenvalue weighted by Crippen LogP contribution is 2.36. The molecule has 0 bridgehead atoms. The van der Waals surface area contributed by atoms with E-state index in [1.807, 2.05) is 13.8 Å². The van der Waals surface area contributed by atoms with Crippen molar-refractivity contribution in [1.29, 1.82) is 0 Å². The molecule has 100 valence electrons. The molecule has 1 aromatic heterocycles. The van der Waals surface area contributed by atoms with Gasteiger partial charge in [-0.15, -0.1) is 0 Å². The van der Waals surface area contributed by atoms with Crippen molar-refractivity contribution in [3.8, 4) is 5.88 Å². The number of aromatic nitrogens is 2. The van der Waals surface area contributed by atoms with E-state index in [1.54, 1.807) is 0 Å². The number of hydrogen-bond donors (Lipinski definition) is 2. The summed E-state index contributed by atoms with van der Waals surface area (Å²) in [6.07, 6.45) is 2.79. The van der Waals surface area contributed by atoms with Crippen molar-refractivity contribution in [2.24, 2.45) is 5.92 Å². The second-order valence-electron chi connectivity index (χ2n) is 5.59. The molecule has 0 amide bonds. The van der Waals surface area contributed by atoms with Gasteiger partial charge in [0.15, 0.2) is 0 Å². The van der Waals surface area contributed by atoms with E-state index in [-0.39, 0.29) is 17.8 Å². The van der Waals surface area contributed by atoms with Crippen LogP contribution in [0.15, 0.2) is 9.59 Å².